The predicted octanol–water partition coefficient (Wildman–Crippen LogP) is 0.496. The van der Waals surface area contributed by atoms with Crippen LogP contribution < -0.4 is 0 Å². The molecule has 15 heavy (non-hydrogen) atoms. The number of carbonyl (C=O) groups excluding carboxylic acids is 3. The highest BCUT2D eigenvalue weighted by Crippen LogP contribution is 2.10. The number of hydrogen-bond donors (Lipinski definition) is 0. The number of imide groups is 1. The first kappa shape index (κ1) is 11.7. The van der Waals surface area contributed by atoms with Gasteiger partial charge in [-0.25, -0.2) is 4.79 Å². The molecule has 1 unspecified atom stereocenters. The molecular formula is C10H16N2O3. The highest BCUT2D eigenvalue weighted by molar-refractivity contribution is 6.04. The molecule has 5 nitrogen and oxygen atoms in total. The fraction of sp³-hybridized carbons (Fsp3) is 0.700. The van der Waals surface area contributed by atoms with Gasteiger partial charge in [-0.15, -0.1) is 0 Å². The van der Waals surface area contributed by atoms with Crippen LogP contribution in [0.4, 0.5) is 4.79 Å². The first-order valence-electron chi connectivity index (χ1n) is 5.05. The number of likely N-dealkylation sites (N-methyl/N-ethyl adjacent to an activating group) is 1. The zero-order chi connectivity index (χ0) is 11.6. The van der Waals surface area contributed by atoms with E-state index in [-0.39, 0.29) is 36.7 Å². The van der Waals surface area contributed by atoms with Crippen molar-refractivity contribution in [3.05, 3.63) is 0 Å². The van der Waals surface area contributed by atoms with Gasteiger partial charge < -0.3 is 4.90 Å². The highest BCUT2D eigenvalue weighted by Gasteiger charge is 2.35. The minimum Gasteiger partial charge on any atom is -0.318 e. The number of carbonyl (C=O) groups is 3. The van der Waals surface area contributed by atoms with Gasteiger partial charge in [0.05, 0.1) is 6.54 Å². The summed E-state index contributed by atoms with van der Waals surface area (Å²) in [6.07, 6.45) is 0.727. The quantitative estimate of drug-likeness (QED) is 0.637. The SMILES string of the molecule is CCC(C)C(=O)CN1C(=O)CN(C)C1=O. The Bertz CT molecular complexity index is 301. The third-order valence-electron chi connectivity index (χ3n) is 2.71. The van der Waals surface area contributed by atoms with Crippen LogP contribution in [0.2, 0.25) is 0 Å². The van der Waals surface area contributed by atoms with Crippen LogP contribution >= 0.6 is 0 Å². The summed E-state index contributed by atoms with van der Waals surface area (Å²) < 4.78 is 0. The summed E-state index contributed by atoms with van der Waals surface area (Å²) in [5.74, 6) is -0.454. The molecule has 3 amide bonds. The fourth-order valence-electron chi connectivity index (χ4n) is 1.36. The monoisotopic (exact) mass is 212 g/mol. The maximum Gasteiger partial charge on any atom is 0.327 e. The van der Waals surface area contributed by atoms with Crippen molar-refractivity contribution in [2.45, 2.75) is 20.3 Å². The van der Waals surface area contributed by atoms with Gasteiger partial charge >= 0.3 is 6.03 Å². The van der Waals surface area contributed by atoms with E-state index in [2.05, 4.69) is 0 Å². The molecule has 0 aromatic carbocycles. The van der Waals surface area contributed by atoms with Crippen LogP contribution in [-0.4, -0.2) is 47.7 Å². The molecule has 0 radical (unpaired) electrons. The third-order valence-corrected chi connectivity index (χ3v) is 2.71. The van der Waals surface area contributed by atoms with Crippen molar-refractivity contribution in [1.82, 2.24) is 9.80 Å². The minimum atomic E-state index is -0.378. The van der Waals surface area contributed by atoms with Gasteiger partial charge in [0.25, 0.3) is 5.91 Å². The van der Waals surface area contributed by atoms with E-state index in [4.69, 9.17) is 0 Å². The number of Topliss-reactive ketones (excluding diaryl/α,β-unsaturated/α-hetero) is 1. The van der Waals surface area contributed by atoms with E-state index in [1.807, 2.05) is 6.92 Å². The molecule has 0 aromatic heterocycles. The summed E-state index contributed by atoms with van der Waals surface area (Å²) in [7, 11) is 1.55. The van der Waals surface area contributed by atoms with Gasteiger partial charge in [-0.3, -0.25) is 14.5 Å². The Balaban J connectivity index is 2.62. The second-order valence-electron chi connectivity index (χ2n) is 3.89. The van der Waals surface area contributed by atoms with E-state index >= 15 is 0 Å². The summed E-state index contributed by atoms with van der Waals surface area (Å²) in [5, 5.41) is 0. The van der Waals surface area contributed by atoms with Crippen molar-refractivity contribution in [3.8, 4) is 0 Å². The zero-order valence-electron chi connectivity index (χ0n) is 9.32. The summed E-state index contributed by atoms with van der Waals surface area (Å²) in [5.41, 5.74) is 0. The Kier molecular flexibility index (Phi) is 3.44. The molecule has 1 aliphatic rings. The molecule has 0 aliphatic carbocycles. The van der Waals surface area contributed by atoms with Crippen LogP contribution in [0, 0.1) is 5.92 Å². The molecule has 1 rings (SSSR count). The molecule has 84 valence electrons. The Morgan fingerprint density at radius 3 is 2.47 bits per heavy atom. The lowest BCUT2D eigenvalue weighted by molar-refractivity contribution is -0.131. The molecule has 1 aliphatic heterocycles. The van der Waals surface area contributed by atoms with Crippen LogP contribution in [0.5, 0.6) is 0 Å². The molecule has 0 spiro atoms. The summed E-state index contributed by atoms with van der Waals surface area (Å²) >= 11 is 0. The Hall–Kier alpha value is -1.39. The normalized spacial score (nSPS) is 18.6. The van der Waals surface area contributed by atoms with Gasteiger partial charge in [-0.2, -0.15) is 0 Å². The number of hydrogen-bond acceptors (Lipinski definition) is 3. The second-order valence-corrected chi connectivity index (χ2v) is 3.89. The van der Waals surface area contributed by atoms with E-state index < -0.39 is 0 Å². The molecule has 0 aromatic rings. The average Bonchev–Trinajstić information content (AvgIpc) is 2.43. The van der Waals surface area contributed by atoms with Gasteiger partial charge in [-0.05, 0) is 6.42 Å². The second kappa shape index (κ2) is 4.42. The number of nitrogens with zero attached hydrogens (tertiary/aromatic N) is 2. The van der Waals surface area contributed by atoms with Crippen molar-refractivity contribution in [2.75, 3.05) is 20.1 Å². The van der Waals surface area contributed by atoms with Gasteiger partial charge in [0.1, 0.15) is 6.54 Å². The smallest absolute Gasteiger partial charge is 0.318 e. The van der Waals surface area contributed by atoms with Crippen LogP contribution in [0.1, 0.15) is 20.3 Å². The van der Waals surface area contributed by atoms with Crippen molar-refractivity contribution >= 4 is 17.7 Å². The number of urea groups is 1. The van der Waals surface area contributed by atoms with Crippen molar-refractivity contribution in [3.63, 3.8) is 0 Å². The summed E-state index contributed by atoms with van der Waals surface area (Å²) in [4.78, 5) is 36.7. The lowest BCUT2D eigenvalue weighted by atomic mass is 10.0. The predicted molar refractivity (Wildman–Crippen MR) is 54.2 cm³/mol. The standard InChI is InChI=1S/C10H16N2O3/c1-4-7(2)8(13)5-12-9(14)6-11(3)10(12)15/h7H,4-6H2,1-3H3. The van der Waals surface area contributed by atoms with Crippen LogP contribution in [0.3, 0.4) is 0 Å². The number of amides is 3. The number of rotatable bonds is 4. The molecule has 5 heteroatoms. The third kappa shape index (κ3) is 2.34. The number of ketones is 1. The van der Waals surface area contributed by atoms with Gasteiger partial charge in [0.15, 0.2) is 5.78 Å². The topological polar surface area (TPSA) is 57.7 Å². The molecule has 0 bridgehead atoms. The van der Waals surface area contributed by atoms with Gasteiger partial charge in [0, 0.05) is 13.0 Å². The summed E-state index contributed by atoms with van der Waals surface area (Å²) in [6.45, 7) is 3.70. The first-order chi connectivity index (χ1) is 6.97. The maximum absolute atomic E-state index is 11.6. The molecule has 0 saturated carbocycles. The molecule has 1 saturated heterocycles. The Morgan fingerprint density at radius 2 is 2.07 bits per heavy atom. The molecular weight excluding hydrogens is 196 g/mol. The molecule has 0 N–H and O–H groups in total. The van der Waals surface area contributed by atoms with E-state index in [9.17, 15) is 14.4 Å². The minimum absolute atomic E-state index is 0.0606. The largest absolute Gasteiger partial charge is 0.327 e. The zero-order valence-corrected chi connectivity index (χ0v) is 9.32. The fourth-order valence-corrected chi connectivity index (χ4v) is 1.36. The van der Waals surface area contributed by atoms with Gasteiger partial charge in [0.2, 0.25) is 0 Å². The maximum atomic E-state index is 11.6. The lowest BCUT2D eigenvalue weighted by Gasteiger charge is -2.15. The van der Waals surface area contributed by atoms with Gasteiger partial charge in [-0.1, -0.05) is 13.8 Å². The van der Waals surface area contributed by atoms with Crippen LogP contribution in [-0.2, 0) is 9.59 Å². The lowest BCUT2D eigenvalue weighted by Crippen LogP contribution is -2.37. The van der Waals surface area contributed by atoms with Crippen LogP contribution in [0.15, 0.2) is 0 Å². The highest BCUT2D eigenvalue weighted by atomic mass is 16.2. The van der Waals surface area contributed by atoms with Crippen molar-refractivity contribution in [1.29, 1.82) is 0 Å². The van der Waals surface area contributed by atoms with E-state index in [1.54, 1.807) is 14.0 Å². The Labute approximate surface area is 89.0 Å². The molecule has 1 fully saturated rings. The van der Waals surface area contributed by atoms with E-state index in [0.717, 1.165) is 11.3 Å². The summed E-state index contributed by atoms with van der Waals surface area (Å²) in [6, 6.07) is -0.378. The van der Waals surface area contributed by atoms with Crippen molar-refractivity contribution in [2.24, 2.45) is 5.92 Å². The Morgan fingerprint density at radius 1 is 1.47 bits per heavy atom. The van der Waals surface area contributed by atoms with Crippen LogP contribution in [0.25, 0.3) is 0 Å². The average molecular weight is 212 g/mol. The molecule has 1 heterocycles. The van der Waals surface area contributed by atoms with E-state index in [0.29, 0.717) is 0 Å². The first-order valence-corrected chi connectivity index (χ1v) is 5.05. The molecule has 1 atom stereocenters. The van der Waals surface area contributed by atoms with E-state index in [1.165, 1.54) is 4.90 Å². The van der Waals surface area contributed by atoms with Crippen molar-refractivity contribution < 1.29 is 14.4 Å².